The lowest BCUT2D eigenvalue weighted by atomic mass is 10.2. The van der Waals surface area contributed by atoms with Crippen molar-refractivity contribution in [2.24, 2.45) is 0 Å². The monoisotopic (exact) mass is 303 g/mol. The normalized spacial score (nSPS) is 10.9. The first-order valence-electron chi connectivity index (χ1n) is 8.07. The summed E-state index contributed by atoms with van der Waals surface area (Å²) in [6.45, 7) is 7.25. The third-order valence-electron chi connectivity index (χ3n) is 3.62. The van der Waals surface area contributed by atoms with E-state index in [9.17, 15) is 4.79 Å². The first kappa shape index (κ1) is 16.3. The average molecular weight is 303 g/mol. The van der Waals surface area contributed by atoms with E-state index in [1.54, 1.807) is 0 Å². The number of amides is 1. The van der Waals surface area contributed by atoms with Crippen molar-refractivity contribution in [2.75, 3.05) is 13.2 Å². The van der Waals surface area contributed by atoms with E-state index in [-0.39, 0.29) is 5.91 Å². The SMILES string of the molecule is CCCCCCNC(=O)c1c(C)nc2c(OCC)cccn12. The number of hydrogen-bond donors (Lipinski definition) is 1. The predicted octanol–water partition coefficient (Wildman–Crippen LogP) is 3.35. The van der Waals surface area contributed by atoms with Crippen molar-refractivity contribution in [3.05, 3.63) is 29.7 Å². The van der Waals surface area contributed by atoms with Crippen LogP contribution in [0.1, 0.15) is 55.7 Å². The summed E-state index contributed by atoms with van der Waals surface area (Å²) in [6.07, 6.45) is 6.42. The zero-order chi connectivity index (χ0) is 15.9. The van der Waals surface area contributed by atoms with E-state index >= 15 is 0 Å². The standard InChI is InChI=1S/C17H25N3O2/c1-4-6-7-8-11-18-17(21)15-13(3)19-16-14(22-5-2)10-9-12-20(15)16/h9-10,12H,4-8,11H2,1-3H3,(H,18,21). The smallest absolute Gasteiger partial charge is 0.270 e. The summed E-state index contributed by atoms with van der Waals surface area (Å²) in [4.78, 5) is 16.9. The third kappa shape index (κ3) is 3.59. The quantitative estimate of drug-likeness (QED) is 0.761. The van der Waals surface area contributed by atoms with Crippen LogP contribution in [0, 0.1) is 6.92 Å². The van der Waals surface area contributed by atoms with Gasteiger partial charge in [-0.1, -0.05) is 26.2 Å². The van der Waals surface area contributed by atoms with E-state index in [0.29, 0.717) is 30.2 Å². The number of aromatic nitrogens is 2. The summed E-state index contributed by atoms with van der Waals surface area (Å²) in [7, 11) is 0. The molecule has 1 N–H and O–H groups in total. The van der Waals surface area contributed by atoms with Crippen molar-refractivity contribution in [3.63, 3.8) is 0 Å². The van der Waals surface area contributed by atoms with Crippen molar-refractivity contribution in [1.82, 2.24) is 14.7 Å². The Morgan fingerprint density at radius 2 is 2.14 bits per heavy atom. The summed E-state index contributed by atoms with van der Waals surface area (Å²) in [6, 6.07) is 3.74. The predicted molar refractivity (Wildman–Crippen MR) is 87.6 cm³/mol. The first-order chi connectivity index (χ1) is 10.7. The Morgan fingerprint density at radius 3 is 2.86 bits per heavy atom. The van der Waals surface area contributed by atoms with Gasteiger partial charge in [-0.15, -0.1) is 0 Å². The van der Waals surface area contributed by atoms with Crippen LogP contribution in [0.5, 0.6) is 5.75 Å². The van der Waals surface area contributed by atoms with Crippen LogP contribution in [0.2, 0.25) is 0 Å². The number of ether oxygens (including phenoxy) is 1. The molecule has 2 rings (SSSR count). The van der Waals surface area contributed by atoms with Crippen LogP contribution in [-0.4, -0.2) is 28.4 Å². The van der Waals surface area contributed by atoms with Crippen molar-refractivity contribution in [2.45, 2.75) is 46.5 Å². The Kier molecular flexibility index (Phi) is 5.81. The van der Waals surface area contributed by atoms with Crippen LogP contribution in [0.3, 0.4) is 0 Å². The summed E-state index contributed by atoms with van der Waals surface area (Å²) in [5.74, 6) is 0.630. The Balaban J connectivity index is 2.15. The second-order valence-corrected chi connectivity index (χ2v) is 5.36. The van der Waals surface area contributed by atoms with Crippen molar-refractivity contribution in [3.8, 4) is 5.75 Å². The van der Waals surface area contributed by atoms with Gasteiger partial charge in [-0.3, -0.25) is 9.20 Å². The van der Waals surface area contributed by atoms with Gasteiger partial charge in [0.25, 0.3) is 5.91 Å². The van der Waals surface area contributed by atoms with E-state index in [1.165, 1.54) is 12.8 Å². The summed E-state index contributed by atoms with van der Waals surface area (Å²) in [5.41, 5.74) is 2.00. The minimum Gasteiger partial charge on any atom is -0.490 e. The molecule has 0 aliphatic heterocycles. The largest absolute Gasteiger partial charge is 0.490 e. The number of pyridine rings is 1. The molecule has 0 radical (unpaired) electrons. The highest BCUT2D eigenvalue weighted by atomic mass is 16.5. The molecule has 2 heterocycles. The number of unbranched alkanes of at least 4 members (excludes halogenated alkanes) is 3. The Hall–Kier alpha value is -2.04. The summed E-state index contributed by atoms with van der Waals surface area (Å²) < 4.78 is 7.38. The van der Waals surface area contributed by atoms with Gasteiger partial charge >= 0.3 is 0 Å². The molecule has 2 aromatic heterocycles. The topological polar surface area (TPSA) is 55.6 Å². The molecule has 0 aromatic carbocycles. The molecular weight excluding hydrogens is 278 g/mol. The maximum absolute atomic E-state index is 12.4. The second-order valence-electron chi connectivity index (χ2n) is 5.36. The second kappa shape index (κ2) is 7.82. The highest BCUT2D eigenvalue weighted by Crippen LogP contribution is 2.22. The zero-order valence-electron chi connectivity index (χ0n) is 13.7. The van der Waals surface area contributed by atoms with Gasteiger partial charge in [0.1, 0.15) is 5.69 Å². The van der Waals surface area contributed by atoms with Crippen LogP contribution >= 0.6 is 0 Å². The van der Waals surface area contributed by atoms with Gasteiger partial charge in [-0.25, -0.2) is 4.98 Å². The molecule has 5 heteroatoms. The number of imidazole rings is 1. The molecule has 0 saturated heterocycles. The Morgan fingerprint density at radius 1 is 1.32 bits per heavy atom. The molecule has 0 spiro atoms. The van der Waals surface area contributed by atoms with Crippen LogP contribution in [0.15, 0.2) is 18.3 Å². The third-order valence-corrected chi connectivity index (χ3v) is 3.62. The number of carbonyl (C=O) groups excluding carboxylic acids is 1. The van der Waals surface area contributed by atoms with Crippen molar-refractivity contribution in [1.29, 1.82) is 0 Å². The van der Waals surface area contributed by atoms with Crippen LogP contribution < -0.4 is 10.1 Å². The maximum Gasteiger partial charge on any atom is 0.270 e. The minimum atomic E-state index is -0.0739. The lowest BCUT2D eigenvalue weighted by Crippen LogP contribution is -2.26. The molecule has 0 unspecified atom stereocenters. The highest BCUT2D eigenvalue weighted by molar-refractivity contribution is 5.94. The Labute approximate surface area is 131 Å². The molecule has 0 fully saturated rings. The number of fused-ring (bicyclic) bond motifs is 1. The fourth-order valence-electron chi connectivity index (χ4n) is 2.54. The number of nitrogens with zero attached hydrogens (tertiary/aromatic N) is 2. The lowest BCUT2D eigenvalue weighted by molar-refractivity contribution is 0.0946. The fraction of sp³-hybridized carbons (Fsp3) is 0.529. The van der Waals surface area contributed by atoms with Gasteiger partial charge in [-0.05, 0) is 32.4 Å². The lowest BCUT2D eigenvalue weighted by Gasteiger charge is -2.07. The number of aryl methyl sites for hydroxylation is 1. The Bertz CT molecular complexity index is 634. The van der Waals surface area contributed by atoms with Gasteiger partial charge in [0.2, 0.25) is 0 Å². The molecule has 0 atom stereocenters. The van der Waals surface area contributed by atoms with Gasteiger partial charge in [0, 0.05) is 12.7 Å². The van der Waals surface area contributed by atoms with Crippen LogP contribution in [-0.2, 0) is 0 Å². The van der Waals surface area contributed by atoms with E-state index in [2.05, 4.69) is 17.2 Å². The first-order valence-corrected chi connectivity index (χ1v) is 8.07. The molecule has 2 aromatic rings. The van der Waals surface area contributed by atoms with E-state index in [0.717, 1.165) is 18.5 Å². The number of hydrogen-bond acceptors (Lipinski definition) is 3. The van der Waals surface area contributed by atoms with Gasteiger partial charge in [0.05, 0.1) is 12.3 Å². The van der Waals surface area contributed by atoms with Gasteiger partial charge in [0.15, 0.2) is 11.4 Å². The van der Waals surface area contributed by atoms with Crippen molar-refractivity contribution >= 4 is 11.6 Å². The maximum atomic E-state index is 12.4. The molecule has 0 bridgehead atoms. The van der Waals surface area contributed by atoms with Crippen LogP contribution in [0.25, 0.3) is 5.65 Å². The molecule has 120 valence electrons. The zero-order valence-corrected chi connectivity index (χ0v) is 13.7. The van der Waals surface area contributed by atoms with E-state index < -0.39 is 0 Å². The molecule has 22 heavy (non-hydrogen) atoms. The summed E-state index contributed by atoms with van der Waals surface area (Å²) >= 11 is 0. The number of rotatable bonds is 8. The van der Waals surface area contributed by atoms with E-state index in [4.69, 9.17) is 4.74 Å². The molecule has 1 amide bonds. The number of nitrogens with one attached hydrogen (secondary N) is 1. The van der Waals surface area contributed by atoms with Gasteiger partial charge in [-0.2, -0.15) is 0 Å². The molecule has 0 aliphatic rings. The molecule has 0 aliphatic carbocycles. The summed E-state index contributed by atoms with van der Waals surface area (Å²) in [5, 5.41) is 2.99. The fourth-order valence-corrected chi connectivity index (χ4v) is 2.54. The van der Waals surface area contributed by atoms with Crippen LogP contribution in [0.4, 0.5) is 0 Å². The minimum absolute atomic E-state index is 0.0739. The van der Waals surface area contributed by atoms with Crippen molar-refractivity contribution < 1.29 is 9.53 Å². The molecule has 5 nitrogen and oxygen atoms in total. The molecular formula is C17H25N3O2. The molecule has 0 saturated carbocycles. The average Bonchev–Trinajstić information content (AvgIpc) is 2.84. The van der Waals surface area contributed by atoms with Gasteiger partial charge < -0.3 is 10.1 Å². The van der Waals surface area contributed by atoms with E-state index in [1.807, 2.05) is 36.6 Å². The number of carbonyl (C=O) groups is 1. The highest BCUT2D eigenvalue weighted by Gasteiger charge is 2.18.